The Morgan fingerprint density at radius 3 is 2.63 bits per heavy atom. The highest BCUT2D eigenvalue weighted by molar-refractivity contribution is 7.89. The van der Waals surface area contributed by atoms with Crippen molar-refractivity contribution in [2.24, 2.45) is 11.1 Å². The van der Waals surface area contributed by atoms with E-state index in [4.69, 9.17) is 9.88 Å². The number of amides is 1. The summed E-state index contributed by atoms with van der Waals surface area (Å²) in [4.78, 5) is 11.7. The monoisotopic (exact) mass is 286 g/mol. The van der Waals surface area contributed by atoms with Crippen LogP contribution in [-0.4, -0.2) is 28.0 Å². The molecule has 6 nitrogen and oxygen atoms in total. The van der Waals surface area contributed by atoms with Crippen LogP contribution in [0.2, 0.25) is 0 Å². The zero-order chi connectivity index (χ0) is 14.5. The van der Waals surface area contributed by atoms with Crippen LogP contribution < -0.4 is 10.5 Å². The summed E-state index contributed by atoms with van der Waals surface area (Å²) in [5.74, 6) is -0.229. The van der Waals surface area contributed by atoms with Crippen molar-refractivity contribution in [3.8, 4) is 0 Å². The molecule has 7 heteroatoms. The topological polar surface area (TPSA) is 98.5 Å². The summed E-state index contributed by atoms with van der Waals surface area (Å²) in [5.41, 5.74) is 0.194. The molecule has 0 aliphatic heterocycles. The first-order valence-electron chi connectivity index (χ1n) is 5.75. The molecule has 0 aromatic heterocycles. The second kappa shape index (κ2) is 6.65. The first-order valence-corrected chi connectivity index (χ1v) is 7.30. The lowest BCUT2D eigenvalue weighted by Gasteiger charge is -2.12. The third-order valence-electron chi connectivity index (χ3n) is 2.45. The Hall–Kier alpha value is -1.44. The number of sulfonamides is 1. The van der Waals surface area contributed by atoms with Crippen LogP contribution in [0.15, 0.2) is 29.2 Å². The molecule has 19 heavy (non-hydrogen) atoms. The molecule has 0 aliphatic rings. The minimum atomic E-state index is -3.86. The molecule has 0 bridgehead atoms. The number of anilines is 1. The van der Waals surface area contributed by atoms with Crippen LogP contribution in [0.25, 0.3) is 0 Å². The number of para-hydroxylation sites is 1. The highest BCUT2D eigenvalue weighted by atomic mass is 32.2. The van der Waals surface area contributed by atoms with E-state index in [1.165, 1.54) is 12.1 Å². The summed E-state index contributed by atoms with van der Waals surface area (Å²) in [7, 11) is -2.30. The third kappa shape index (κ3) is 4.98. The van der Waals surface area contributed by atoms with Gasteiger partial charge in [0, 0.05) is 20.1 Å². The zero-order valence-corrected chi connectivity index (χ0v) is 11.7. The number of methoxy groups -OCH3 is 1. The van der Waals surface area contributed by atoms with Gasteiger partial charge < -0.3 is 10.1 Å². The van der Waals surface area contributed by atoms with Gasteiger partial charge in [0.2, 0.25) is 15.9 Å². The van der Waals surface area contributed by atoms with Gasteiger partial charge in [0.25, 0.3) is 0 Å². The number of rotatable bonds is 6. The largest absolute Gasteiger partial charge is 0.384 e. The van der Waals surface area contributed by atoms with Gasteiger partial charge in [0.1, 0.15) is 4.90 Å². The summed E-state index contributed by atoms with van der Waals surface area (Å²) >= 11 is 0. The Balaban J connectivity index is 2.81. The maximum atomic E-state index is 11.8. The summed E-state index contributed by atoms with van der Waals surface area (Å²) in [6.45, 7) is 2.33. The number of primary sulfonamides is 1. The Labute approximate surface area is 113 Å². The van der Waals surface area contributed by atoms with Gasteiger partial charge in [-0.1, -0.05) is 19.1 Å². The number of hydrogen-bond donors (Lipinski definition) is 2. The number of hydrogen-bond acceptors (Lipinski definition) is 4. The molecule has 0 spiro atoms. The van der Waals surface area contributed by atoms with Gasteiger partial charge in [0.05, 0.1) is 5.69 Å². The second-order valence-corrected chi connectivity index (χ2v) is 5.88. The lowest BCUT2D eigenvalue weighted by Crippen LogP contribution is -2.20. The van der Waals surface area contributed by atoms with E-state index < -0.39 is 10.0 Å². The SMILES string of the molecule is COCC(C)CC(=O)Nc1ccccc1S(N)(=O)=O. The summed E-state index contributed by atoms with van der Waals surface area (Å²) in [6.07, 6.45) is 0.243. The molecule has 1 amide bonds. The van der Waals surface area contributed by atoms with Gasteiger partial charge in [-0.15, -0.1) is 0 Å². The molecule has 0 heterocycles. The molecule has 0 radical (unpaired) electrons. The standard InChI is InChI=1S/C12H18N2O4S/c1-9(8-18-2)7-12(15)14-10-5-3-4-6-11(10)19(13,16)17/h3-6,9H,7-8H2,1-2H3,(H,14,15)(H2,13,16,17). The Morgan fingerprint density at radius 2 is 2.05 bits per heavy atom. The van der Waals surface area contributed by atoms with E-state index >= 15 is 0 Å². The molecule has 0 saturated heterocycles. The van der Waals surface area contributed by atoms with E-state index in [1.54, 1.807) is 19.2 Å². The fourth-order valence-corrected chi connectivity index (χ4v) is 2.37. The zero-order valence-electron chi connectivity index (χ0n) is 10.9. The van der Waals surface area contributed by atoms with Crippen LogP contribution in [0.4, 0.5) is 5.69 Å². The lowest BCUT2D eigenvalue weighted by atomic mass is 10.1. The smallest absolute Gasteiger partial charge is 0.240 e. The highest BCUT2D eigenvalue weighted by Crippen LogP contribution is 2.19. The van der Waals surface area contributed by atoms with E-state index in [9.17, 15) is 13.2 Å². The van der Waals surface area contributed by atoms with Crippen molar-refractivity contribution in [3.63, 3.8) is 0 Å². The molecule has 0 fully saturated rings. The van der Waals surface area contributed by atoms with E-state index in [2.05, 4.69) is 5.32 Å². The molecule has 1 rings (SSSR count). The van der Waals surface area contributed by atoms with Gasteiger partial charge in [-0.05, 0) is 18.1 Å². The molecular formula is C12H18N2O4S. The van der Waals surface area contributed by atoms with Crippen molar-refractivity contribution in [2.45, 2.75) is 18.2 Å². The van der Waals surface area contributed by atoms with Crippen molar-refractivity contribution in [1.82, 2.24) is 0 Å². The molecule has 3 N–H and O–H groups in total. The van der Waals surface area contributed by atoms with Crippen molar-refractivity contribution >= 4 is 21.6 Å². The molecule has 1 atom stereocenters. The molecule has 0 saturated carbocycles. The van der Waals surface area contributed by atoms with Gasteiger partial charge in [-0.25, -0.2) is 13.6 Å². The van der Waals surface area contributed by atoms with Gasteiger partial charge in [-0.3, -0.25) is 4.79 Å². The van der Waals surface area contributed by atoms with E-state index in [0.717, 1.165) is 0 Å². The second-order valence-electron chi connectivity index (χ2n) is 4.35. The lowest BCUT2D eigenvalue weighted by molar-refractivity contribution is -0.117. The first kappa shape index (κ1) is 15.6. The van der Waals surface area contributed by atoms with Crippen LogP contribution in [0, 0.1) is 5.92 Å². The van der Waals surface area contributed by atoms with E-state index in [0.29, 0.717) is 6.61 Å². The van der Waals surface area contributed by atoms with Gasteiger partial charge in [-0.2, -0.15) is 0 Å². The number of nitrogens with one attached hydrogen (secondary N) is 1. The Bertz CT molecular complexity index is 542. The summed E-state index contributed by atoms with van der Waals surface area (Å²) in [6, 6.07) is 6.02. The maximum absolute atomic E-state index is 11.8. The Morgan fingerprint density at radius 1 is 1.42 bits per heavy atom. The minimum absolute atomic E-state index is 0.0478. The van der Waals surface area contributed by atoms with Crippen LogP contribution in [0.3, 0.4) is 0 Å². The first-order chi connectivity index (χ1) is 8.84. The maximum Gasteiger partial charge on any atom is 0.240 e. The Kier molecular flexibility index (Phi) is 5.46. The van der Waals surface area contributed by atoms with Crippen molar-refractivity contribution in [1.29, 1.82) is 0 Å². The van der Waals surface area contributed by atoms with E-state index in [1.807, 2.05) is 6.92 Å². The van der Waals surface area contributed by atoms with Gasteiger partial charge in [0.15, 0.2) is 0 Å². The minimum Gasteiger partial charge on any atom is -0.384 e. The number of nitrogens with two attached hydrogens (primary N) is 1. The fraction of sp³-hybridized carbons (Fsp3) is 0.417. The molecule has 1 aromatic carbocycles. The van der Waals surface area contributed by atoms with Crippen LogP contribution in [-0.2, 0) is 19.6 Å². The average Bonchev–Trinajstić information content (AvgIpc) is 2.28. The predicted octanol–water partition coefficient (Wildman–Crippen LogP) is 0.945. The van der Waals surface area contributed by atoms with Gasteiger partial charge >= 0.3 is 0 Å². The van der Waals surface area contributed by atoms with Crippen molar-refractivity contribution < 1.29 is 17.9 Å². The predicted molar refractivity (Wildman–Crippen MR) is 72.1 cm³/mol. The average molecular weight is 286 g/mol. The van der Waals surface area contributed by atoms with E-state index in [-0.39, 0.29) is 28.8 Å². The third-order valence-corrected chi connectivity index (χ3v) is 3.42. The highest BCUT2D eigenvalue weighted by Gasteiger charge is 2.16. The number of ether oxygens (including phenoxy) is 1. The number of carbonyl (C=O) groups is 1. The number of carbonyl (C=O) groups excluding carboxylic acids is 1. The normalized spacial score (nSPS) is 13.0. The van der Waals surface area contributed by atoms with Crippen molar-refractivity contribution in [3.05, 3.63) is 24.3 Å². The molecule has 1 aromatic rings. The summed E-state index contributed by atoms with van der Waals surface area (Å²) in [5, 5.41) is 7.64. The van der Waals surface area contributed by atoms with Crippen molar-refractivity contribution in [2.75, 3.05) is 19.0 Å². The molecular weight excluding hydrogens is 268 g/mol. The molecule has 0 aliphatic carbocycles. The van der Waals surface area contributed by atoms with Crippen LogP contribution in [0.5, 0.6) is 0 Å². The quantitative estimate of drug-likeness (QED) is 0.813. The molecule has 1 unspecified atom stereocenters. The fourth-order valence-electron chi connectivity index (χ4n) is 1.68. The van der Waals surface area contributed by atoms with Crippen LogP contribution in [0.1, 0.15) is 13.3 Å². The van der Waals surface area contributed by atoms with Crippen LogP contribution >= 0.6 is 0 Å². The number of benzene rings is 1. The summed E-state index contributed by atoms with van der Waals surface area (Å²) < 4.78 is 27.7. The molecule has 106 valence electrons.